The SMILES string of the molecule is NC(=O)c1c(NC(=O)COC(=O)CCC(=O)c2ccc3c(c2)OCCO3)sc2c1CCC2. The van der Waals surface area contributed by atoms with Crippen molar-refractivity contribution in [1.82, 2.24) is 0 Å². The first-order valence-electron chi connectivity index (χ1n) is 10.2. The van der Waals surface area contributed by atoms with Crippen LogP contribution in [0.2, 0.25) is 0 Å². The van der Waals surface area contributed by atoms with Gasteiger partial charge in [0.25, 0.3) is 11.8 Å². The van der Waals surface area contributed by atoms with E-state index >= 15 is 0 Å². The Bertz CT molecular complexity index is 1090. The first-order chi connectivity index (χ1) is 15.4. The predicted octanol–water partition coefficient (Wildman–Crippen LogP) is 2.25. The zero-order valence-corrected chi connectivity index (χ0v) is 18.0. The number of aryl methyl sites for hydroxylation is 1. The molecule has 3 N–H and O–H groups in total. The van der Waals surface area contributed by atoms with Crippen LogP contribution in [0.3, 0.4) is 0 Å². The molecule has 168 valence electrons. The minimum Gasteiger partial charge on any atom is -0.486 e. The van der Waals surface area contributed by atoms with Crippen molar-refractivity contribution in [2.24, 2.45) is 5.73 Å². The van der Waals surface area contributed by atoms with E-state index in [4.69, 9.17) is 19.9 Å². The van der Waals surface area contributed by atoms with Crippen LogP contribution in [0.25, 0.3) is 0 Å². The topological polar surface area (TPSA) is 134 Å². The second-order valence-electron chi connectivity index (χ2n) is 7.42. The number of thiophene rings is 1. The predicted molar refractivity (Wildman–Crippen MR) is 115 cm³/mol. The summed E-state index contributed by atoms with van der Waals surface area (Å²) in [6.45, 7) is 0.351. The first-order valence-corrected chi connectivity index (χ1v) is 11.1. The summed E-state index contributed by atoms with van der Waals surface area (Å²) in [5.41, 5.74) is 7.11. The summed E-state index contributed by atoms with van der Waals surface area (Å²) in [7, 11) is 0. The molecule has 1 aliphatic heterocycles. The minimum absolute atomic E-state index is 0.0659. The van der Waals surface area contributed by atoms with Gasteiger partial charge in [0.15, 0.2) is 23.9 Å². The van der Waals surface area contributed by atoms with Crippen LogP contribution in [0.1, 0.15) is 50.4 Å². The number of rotatable bonds is 8. The summed E-state index contributed by atoms with van der Waals surface area (Å²) >= 11 is 1.32. The molecule has 1 aliphatic carbocycles. The molecular weight excluding hydrogens is 436 g/mol. The highest BCUT2D eigenvalue weighted by Gasteiger charge is 2.26. The molecule has 10 heteroatoms. The van der Waals surface area contributed by atoms with Crippen LogP contribution in [0.15, 0.2) is 18.2 Å². The van der Waals surface area contributed by atoms with Gasteiger partial charge in [0.1, 0.15) is 18.2 Å². The summed E-state index contributed by atoms with van der Waals surface area (Å²) < 4.78 is 15.8. The van der Waals surface area contributed by atoms with Gasteiger partial charge in [-0.05, 0) is 43.0 Å². The van der Waals surface area contributed by atoms with E-state index in [0.29, 0.717) is 40.8 Å². The molecule has 2 aliphatic rings. The lowest BCUT2D eigenvalue weighted by Gasteiger charge is -2.18. The van der Waals surface area contributed by atoms with Gasteiger partial charge in [-0.15, -0.1) is 11.3 Å². The van der Waals surface area contributed by atoms with Crippen molar-refractivity contribution in [3.05, 3.63) is 39.8 Å². The van der Waals surface area contributed by atoms with Crippen molar-refractivity contribution in [1.29, 1.82) is 0 Å². The molecule has 0 unspecified atom stereocenters. The Morgan fingerprint density at radius 3 is 2.62 bits per heavy atom. The molecule has 0 radical (unpaired) electrons. The van der Waals surface area contributed by atoms with Gasteiger partial charge in [-0.1, -0.05) is 0 Å². The number of Topliss-reactive ketones (excluding diaryl/α,β-unsaturated/α-hetero) is 1. The van der Waals surface area contributed by atoms with Crippen LogP contribution in [-0.4, -0.2) is 43.4 Å². The van der Waals surface area contributed by atoms with E-state index in [9.17, 15) is 19.2 Å². The fraction of sp³-hybridized carbons (Fsp3) is 0.364. The number of anilines is 1. The number of nitrogens with one attached hydrogen (secondary N) is 1. The van der Waals surface area contributed by atoms with Crippen molar-refractivity contribution in [3.63, 3.8) is 0 Å². The molecule has 9 nitrogen and oxygen atoms in total. The minimum atomic E-state index is -0.671. The lowest BCUT2D eigenvalue weighted by Crippen LogP contribution is -2.23. The summed E-state index contributed by atoms with van der Waals surface area (Å²) in [4.78, 5) is 49.4. The fourth-order valence-corrected chi connectivity index (χ4v) is 5.02. The lowest BCUT2D eigenvalue weighted by atomic mass is 10.1. The zero-order chi connectivity index (χ0) is 22.7. The molecule has 0 saturated heterocycles. The Balaban J connectivity index is 1.25. The number of fused-ring (bicyclic) bond motifs is 2. The molecular formula is C22H22N2O7S. The average Bonchev–Trinajstić information content (AvgIpc) is 3.36. The van der Waals surface area contributed by atoms with E-state index in [1.165, 1.54) is 11.3 Å². The Hall–Kier alpha value is -3.40. The number of primary amides is 1. The highest BCUT2D eigenvalue weighted by atomic mass is 32.1. The van der Waals surface area contributed by atoms with Gasteiger partial charge in [-0.25, -0.2) is 0 Å². The average molecular weight is 458 g/mol. The fourth-order valence-electron chi connectivity index (χ4n) is 3.71. The van der Waals surface area contributed by atoms with Gasteiger partial charge in [0.2, 0.25) is 0 Å². The zero-order valence-electron chi connectivity index (χ0n) is 17.2. The highest BCUT2D eigenvalue weighted by molar-refractivity contribution is 7.17. The smallest absolute Gasteiger partial charge is 0.306 e. The molecule has 4 rings (SSSR count). The summed E-state index contributed by atoms with van der Waals surface area (Å²) in [5, 5.41) is 2.99. The number of hydrogen-bond acceptors (Lipinski definition) is 8. The molecule has 2 heterocycles. The molecule has 0 saturated carbocycles. The lowest BCUT2D eigenvalue weighted by molar-refractivity contribution is -0.147. The number of hydrogen-bond donors (Lipinski definition) is 2. The van der Waals surface area contributed by atoms with Gasteiger partial charge < -0.3 is 25.3 Å². The largest absolute Gasteiger partial charge is 0.486 e. The third-order valence-electron chi connectivity index (χ3n) is 5.21. The third kappa shape index (κ3) is 4.75. The Labute approximate surface area is 187 Å². The Morgan fingerprint density at radius 2 is 1.84 bits per heavy atom. The quantitative estimate of drug-likeness (QED) is 0.458. The molecule has 0 fully saturated rings. The second-order valence-corrected chi connectivity index (χ2v) is 8.52. The molecule has 0 bridgehead atoms. The number of carbonyl (C=O) groups excluding carboxylic acids is 4. The van der Waals surface area contributed by atoms with E-state index in [1.807, 2.05) is 0 Å². The van der Waals surface area contributed by atoms with Gasteiger partial charge >= 0.3 is 5.97 Å². The maximum atomic E-state index is 12.4. The Kier molecular flexibility index (Phi) is 6.40. The van der Waals surface area contributed by atoms with Crippen LogP contribution in [0, 0.1) is 0 Å². The number of esters is 1. The molecule has 2 amide bonds. The van der Waals surface area contributed by atoms with Gasteiger partial charge in [0, 0.05) is 16.9 Å². The van der Waals surface area contributed by atoms with Crippen LogP contribution in [0.5, 0.6) is 11.5 Å². The van der Waals surface area contributed by atoms with Gasteiger partial charge in [-0.2, -0.15) is 0 Å². The van der Waals surface area contributed by atoms with Crippen molar-refractivity contribution in [2.75, 3.05) is 25.1 Å². The number of carbonyl (C=O) groups is 4. The standard InChI is InChI=1S/C22H22N2O7S/c23-21(28)20-13-2-1-3-17(13)32-22(20)24-18(26)11-31-19(27)7-5-14(25)12-4-6-15-16(10-12)30-9-8-29-15/h4,6,10H,1-3,5,7-9,11H2,(H2,23,28)(H,24,26). The maximum absolute atomic E-state index is 12.4. The van der Waals surface area contributed by atoms with Crippen LogP contribution >= 0.6 is 11.3 Å². The van der Waals surface area contributed by atoms with Crippen LogP contribution in [-0.2, 0) is 27.2 Å². The number of nitrogens with two attached hydrogens (primary N) is 1. The molecule has 0 spiro atoms. The number of ether oxygens (including phenoxy) is 3. The van der Waals surface area contributed by atoms with Crippen LogP contribution < -0.4 is 20.5 Å². The van der Waals surface area contributed by atoms with E-state index in [1.54, 1.807) is 18.2 Å². The van der Waals surface area contributed by atoms with E-state index in [2.05, 4.69) is 5.32 Å². The number of amides is 2. The van der Waals surface area contributed by atoms with Crippen molar-refractivity contribution in [2.45, 2.75) is 32.1 Å². The van der Waals surface area contributed by atoms with E-state index in [0.717, 1.165) is 29.7 Å². The maximum Gasteiger partial charge on any atom is 0.306 e. The molecule has 32 heavy (non-hydrogen) atoms. The molecule has 0 atom stereocenters. The van der Waals surface area contributed by atoms with Gasteiger partial charge in [-0.3, -0.25) is 19.2 Å². The highest BCUT2D eigenvalue weighted by Crippen LogP contribution is 2.38. The molecule has 1 aromatic heterocycles. The molecule has 1 aromatic carbocycles. The second kappa shape index (κ2) is 9.39. The van der Waals surface area contributed by atoms with Crippen molar-refractivity contribution >= 4 is 39.9 Å². The molecule has 2 aromatic rings. The van der Waals surface area contributed by atoms with Crippen molar-refractivity contribution < 1.29 is 33.4 Å². The van der Waals surface area contributed by atoms with Crippen molar-refractivity contribution in [3.8, 4) is 11.5 Å². The summed E-state index contributed by atoms with van der Waals surface area (Å²) in [5.74, 6) is -1.00. The van der Waals surface area contributed by atoms with E-state index < -0.39 is 24.4 Å². The van der Waals surface area contributed by atoms with Crippen LogP contribution in [0.4, 0.5) is 5.00 Å². The monoisotopic (exact) mass is 458 g/mol. The summed E-state index contributed by atoms with van der Waals surface area (Å²) in [6.07, 6.45) is 2.33. The van der Waals surface area contributed by atoms with Gasteiger partial charge in [0.05, 0.1) is 12.0 Å². The normalized spacial score (nSPS) is 13.9. The first kappa shape index (κ1) is 21.8. The third-order valence-corrected chi connectivity index (χ3v) is 6.41. The van der Waals surface area contributed by atoms with E-state index in [-0.39, 0.29) is 18.6 Å². The number of ketones is 1. The summed E-state index contributed by atoms with van der Waals surface area (Å²) in [6, 6.07) is 4.86. The Morgan fingerprint density at radius 1 is 1.06 bits per heavy atom. The number of benzene rings is 1.